The SMILES string of the molecule is COc1ccccc1N1CCN(C(C)Cn2cnc3sc4c(c3c2=O)CCN(C)C4)CC1.Cl.Cl.Cl. The highest BCUT2D eigenvalue weighted by Gasteiger charge is 2.25. The molecule has 5 rings (SSSR count). The molecule has 3 aromatic rings. The van der Waals surface area contributed by atoms with E-state index in [-0.39, 0.29) is 48.8 Å². The third-order valence-corrected chi connectivity index (χ3v) is 7.97. The lowest BCUT2D eigenvalue weighted by Crippen LogP contribution is -2.51. The number of piperazine rings is 1. The molecule has 4 heterocycles. The van der Waals surface area contributed by atoms with Gasteiger partial charge in [0.25, 0.3) is 5.56 Å². The Bertz CT molecular complexity index is 1180. The fourth-order valence-corrected chi connectivity index (χ4v) is 6.23. The van der Waals surface area contributed by atoms with Crippen LogP contribution in [0.3, 0.4) is 0 Å². The smallest absolute Gasteiger partial charge is 0.262 e. The molecule has 1 aromatic carbocycles. The molecule has 0 N–H and O–H groups in total. The largest absolute Gasteiger partial charge is 0.495 e. The zero-order valence-corrected chi connectivity index (χ0v) is 23.6. The monoisotopic (exact) mass is 561 g/mol. The molecular weight excluding hydrogens is 529 g/mol. The number of para-hydroxylation sites is 2. The summed E-state index contributed by atoms with van der Waals surface area (Å²) in [7, 11) is 3.86. The van der Waals surface area contributed by atoms with Crippen molar-refractivity contribution in [1.82, 2.24) is 19.4 Å². The van der Waals surface area contributed by atoms with E-state index >= 15 is 0 Å². The van der Waals surface area contributed by atoms with Crippen molar-refractivity contribution in [2.75, 3.05) is 51.8 Å². The molecule has 1 fully saturated rings. The van der Waals surface area contributed by atoms with Gasteiger partial charge in [-0.2, -0.15) is 0 Å². The van der Waals surface area contributed by atoms with Crippen LogP contribution in [0, 0.1) is 0 Å². The summed E-state index contributed by atoms with van der Waals surface area (Å²) < 4.78 is 7.36. The van der Waals surface area contributed by atoms with Crippen LogP contribution >= 0.6 is 48.6 Å². The predicted molar refractivity (Wildman–Crippen MR) is 152 cm³/mol. The summed E-state index contributed by atoms with van der Waals surface area (Å²) in [5.74, 6) is 0.921. The lowest BCUT2D eigenvalue weighted by molar-refractivity contribution is 0.179. The number of likely N-dealkylation sites (N-methyl/N-ethyl adjacent to an activating group) is 1. The van der Waals surface area contributed by atoms with Crippen molar-refractivity contribution in [2.24, 2.45) is 0 Å². The molecule has 1 saturated heterocycles. The highest BCUT2D eigenvalue weighted by atomic mass is 35.5. The normalized spacial score (nSPS) is 17.1. The van der Waals surface area contributed by atoms with E-state index in [4.69, 9.17) is 4.74 Å². The van der Waals surface area contributed by atoms with Gasteiger partial charge in [0.1, 0.15) is 10.6 Å². The van der Waals surface area contributed by atoms with Crippen LogP contribution in [0.2, 0.25) is 0 Å². The van der Waals surface area contributed by atoms with Gasteiger partial charge in [-0.15, -0.1) is 48.6 Å². The van der Waals surface area contributed by atoms with Crippen molar-refractivity contribution >= 4 is 64.5 Å². The molecule has 1 atom stereocenters. The zero-order chi connectivity index (χ0) is 22.2. The van der Waals surface area contributed by atoms with E-state index in [1.165, 1.54) is 10.4 Å². The maximum atomic E-state index is 13.3. The topological polar surface area (TPSA) is 53.8 Å². The van der Waals surface area contributed by atoms with Gasteiger partial charge in [0.15, 0.2) is 0 Å². The van der Waals surface area contributed by atoms with Gasteiger partial charge < -0.3 is 14.5 Å². The number of nitrogens with zero attached hydrogens (tertiary/aromatic N) is 5. The van der Waals surface area contributed by atoms with Crippen LogP contribution in [0.15, 0.2) is 35.4 Å². The Balaban J connectivity index is 0.00000144. The van der Waals surface area contributed by atoms with Crippen molar-refractivity contribution < 1.29 is 4.74 Å². The number of ether oxygens (including phenoxy) is 1. The third-order valence-electron chi connectivity index (χ3n) is 6.84. The summed E-state index contributed by atoms with van der Waals surface area (Å²) in [6.07, 6.45) is 2.69. The molecule has 0 radical (unpaired) electrons. The Kier molecular flexibility index (Phi) is 10.7. The standard InChI is InChI=1S/C24H31N5O2S.3ClH/c1-17(27-10-12-28(13-11-27)19-6-4-5-7-20(19)31-3)14-29-16-25-23-22(24(29)30)18-8-9-26(2)15-21(18)32-23;;;/h4-7,16-17H,8-15H2,1-3H3;3*1H. The molecule has 0 bridgehead atoms. The third kappa shape index (κ3) is 5.89. The Hall–Kier alpha value is -1.55. The average molecular weight is 563 g/mol. The van der Waals surface area contributed by atoms with Crippen molar-refractivity contribution in [3.8, 4) is 5.75 Å². The maximum absolute atomic E-state index is 13.3. The number of fused-ring (bicyclic) bond motifs is 3. The summed E-state index contributed by atoms with van der Waals surface area (Å²) in [5.41, 5.74) is 2.51. The summed E-state index contributed by atoms with van der Waals surface area (Å²) >= 11 is 1.68. The highest BCUT2D eigenvalue weighted by molar-refractivity contribution is 7.18. The fraction of sp³-hybridized carbons (Fsp3) is 0.500. The van der Waals surface area contributed by atoms with E-state index in [0.717, 1.165) is 67.3 Å². The Labute approximate surface area is 229 Å². The minimum atomic E-state index is 0. The molecule has 0 amide bonds. The van der Waals surface area contributed by atoms with Crippen LogP contribution in [0.1, 0.15) is 17.4 Å². The lowest BCUT2D eigenvalue weighted by Gasteiger charge is -2.39. The summed E-state index contributed by atoms with van der Waals surface area (Å²) in [6.45, 7) is 8.62. The van der Waals surface area contributed by atoms with E-state index in [0.29, 0.717) is 6.54 Å². The van der Waals surface area contributed by atoms with Crippen LogP contribution in [0.5, 0.6) is 5.75 Å². The van der Waals surface area contributed by atoms with E-state index in [1.54, 1.807) is 24.8 Å². The first-order chi connectivity index (χ1) is 15.5. The van der Waals surface area contributed by atoms with Crippen LogP contribution in [0.4, 0.5) is 5.69 Å². The number of aromatic nitrogens is 2. The zero-order valence-electron chi connectivity index (χ0n) is 20.3. The van der Waals surface area contributed by atoms with Crippen molar-refractivity contribution in [3.63, 3.8) is 0 Å². The Morgan fingerprint density at radius 2 is 1.80 bits per heavy atom. The van der Waals surface area contributed by atoms with E-state index < -0.39 is 0 Å². The van der Waals surface area contributed by atoms with Crippen LogP contribution < -0.4 is 15.2 Å². The maximum Gasteiger partial charge on any atom is 0.262 e. The van der Waals surface area contributed by atoms with Gasteiger partial charge in [0.05, 0.1) is 24.5 Å². The quantitative estimate of drug-likeness (QED) is 0.470. The molecule has 0 saturated carbocycles. The van der Waals surface area contributed by atoms with Gasteiger partial charge in [-0.25, -0.2) is 4.98 Å². The van der Waals surface area contributed by atoms with E-state index in [1.807, 2.05) is 16.7 Å². The van der Waals surface area contributed by atoms with E-state index in [2.05, 4.69) is 45.8 Å². The van der Waals surface area contributed by atoms with Gasteiger partial charge in [-0.05, 0) is 38.1 Å². The second kappa shape index (κ2) is 12.6. The fourth-order valence-electron chi connectivity index (χ4n) is 4.97. The molecule has 7 nitrogen and oxygen atoms in total. The minimum absolute atomic E-state index is 0. The van der Waals surface area contributed by atoms with Gasteiger partial charge in [-0.1, -0.05) is 12.1 Å². The number of anilines is 1. The molecule has 1 unspecified atom stereocenters. The number of halogens is 3. The van der Waals surface area contributed by atoms with Gasteiger partial charge in [-0.3, -0.25) is 14.3 Å². The number of benzene rings is 1. The molecule has 2 aromatic heterocycles. The van der Waals surface area contributed by atoms with Crippen molar-refractivity contribution in [3.05, 3.63) is 51.4 Å². The molecule has 0 spiro atoms. The lowest BCUT2D eigenvalue weighted by atomic mass is 10.1. The number of rotatable bonds is 5. The summed E-state index contributed by atoms with van der Waals surface area (Å²) in [4.78, 5) is 27.4. The van der Waals surface area contributed by atoms with Crippen molar-refractivity contribution in [2.45, 2.75) is 32.5 Å². The van der Waals surface area contributed by atoms with Gasteiger partial charge in [0.2, 0.25) is 0 Å². The Morgan fingerprint density at radius 1 is 1.09 bits per heavy atom. The number of hydrogen-bond donors (Lipinski definition) is 0. The Morgan fingerprint density at radius 3 is 2.51 bits per heavy atom. The average Bonchev–Trinajstić information content (AvgIpc) is 3.19. The summed E-state index contributed by atoms with van der Waals surface area (Å²) in [6, 6.07) is 8.47. The molecular formula is C24H34Cl3N5O2S. The number of hydrogen-bond acceptors (Lipinski definition) is 7. The van der Waals surface area contributed by atoms with Crippen LogP contribution in [0.25, 0.3) is 10.2 Å². The van der Waals surface area contributed by atoms with Gasteiger partial charge >= 0.3 is 0 Å². The first-order valence-corrected chi connectivity index (χ1v) is 12.2. The minimum Gasteiger partial charge on any atom is -0.495 e. The highest BCUT2D eigenvalue weighted by Crippen LogP contribution is 2.32. The molecule has 2 aliphatic heterocycles. The molecule has 11 heteroatoms. The molecule has 2 aliphatic rings. The molecule has 35 heavy (non-hydrogen) atoms. The first-order valence-electron chi connectivity index (χ1n) is 11.4. The van der Waals surface area contributed by atoms with Crippen LogP contribution in [-0.2, 0) is 19.5 Å². The van der Waals surface area contributed by atoms with Gasteiger partial charge in [0, 0.05) is 56.7 Å². The van der Waals surface area contributed by atoms with Crippen LogP contribution in [-0.4, -0.2) is 72.3 Å². The first kappa shape index (κ1) is 29.7. The predicted octanol–water partition coefficient (Wildman–Crippen LogP) is 3.93. The molecule has 0 aliphatic carbocycles. The molecule has 194 valence electrons. The number of methoxy groups -OCH3 is 1. The number of thiophene rings is 1. The van der Waals surface area contributed by atoms with Crippen molar-refractivity contribution in [1.29, 1.82) is 0 Å². The summed E-state index contributed by atoms with van der Waals surface area (Å²) in [5, 5.41) is 0.855. The second-order valence-electron chi connectivity index (χ2n) is 8.92. The van der Waals surface area contributed by atoms with E-state index in [9.17, 15) is 4.79 Å². The second-order valence-corrected chi connectivity index (χ2v) is 10.0.